The van der Waals surface area contributed by atoms with E-state index in [-0.39, 0.29) is 17.0 Å². The predicted molar refractivity (Wildman–Crippen MR) is 70.4 cm³/mol. The highest BCUT2D eigenvalue weighted by Gasteiger charge is 2.46. The summed E-state index contributed by atoms with van der Waals surface area (Å²) in [6.07, 6.45) is -2.46. The molecule has 0 aliphatic carbocycles. The van der Waals surface area contributed by atoms with Crippen LogP contribution in [0.3, 0.4) is 0 Å². The zero-order valence-corrected chi connectivity index (χ0v) is 11.1. The number of aliphatic hydroxyl groups is 2. The molecule has 1 saturated heterocycles. The van der Waals surface area contributed by atoms with Crippen LogP contribution < -0.4 is 11.4 Å². The van der Waals surface area contributed by atoms with Crippen molar-refractivity contribution in [1.82, 2.24) is 19.5 Å². The molecule has 0 bridgehead atoms. The fraction of sp³-hybridized carbons (Fsp3) is 0.545. The Kier molecular flexibility index (Phi) is 3.37. The lowest BCUT2D eigenvalue weighted by atomic mass is 10.1. The summed E-state index contributed by atoms with van der Waals surface area (Å²) in [5, 5.41) is 19.3. The maximum absolute atomic E-state index is 12.1. The summed E-state index contributed by atoms with van der Waals surface area (Å²) < 4.78 is 11.9. The van der Waals surface area contributed by atoms with E-state index < -0.39 is 36.8 Å². The standard InChI is InChI=1S/C11H15N5O5/c1-20-7-6(18)4(2-17)21-10(7)16-9-5(15-11(16)19)8(12)13-3-14-9/h3-4,6-7,10,17-18H,2H2,1H3,(H,15,19)(H2,12,13,14)/t4-,6?,7+,10-/m1/s1. The number of nitrogens with two attached hydrogens (primary N) is 1. The van der Waals surface area contributed by atoms with Crippen molar-refractivity contribution < 1.29 is 19.7 Å². The van der Waals surface area contributed by atoms with E-state index in [2.05, 4.69) is 15.0 Å². The average Bonchev–Trinajstić information content (AvgIpc) is 2.96. The van der Waals surface area contributed by atoms with Crippen molar-refractivity contribution in [2.24, 2.45) is 0 Å². The van der Waals surface area contributed by atoms with Crippen LogP contribution in [0.25, 0.3) is 11.2 Å². The number of imidazole rings is 1. The second-order valence-electron chi connectivity index (χ2n) is 4.70. The fourth-order valence-electron chi connectivity index (χ4n) is 2.52. The van der Waals surface area contributed by atoms with Crippen molar-refractivity contribution >= 4 is 17.0 Å². The zero-order chi connectivity index (χ0) is 15.1. The van der Waals surface area contributed by atoms with E-state index in [9.17, 15) is 15.0 Å². The topological polar surface area (TPSA) is 149 Å². The molecule has 2 aromatic rings. The van der Waals surface area contributed by atoms with Crippen molar-refractivity contribution in [2.75, 3.05) is 19.5 Å². The lowest BCUT2D eigenvalue weighted by Gasteiger charge is -2.19. The van der Waals surface area contributed by atoms with Gasteiger partial charge in [-0.2, -0.15) is 0 Å². The number of aromatic amines is 1. The summed E-state index contributed by atoms with van der Waals surface area (Å²) in [4.78, 5) is 22.5. The number of methoxy groups -OCH3 is 1. The normalized spacial score (nSPS) is 29.3. The third-order valence-electron chi connectivity index (χ3n) is 3.55. The van der Waals surface area contributed by atoms with Crippen LogP contribution in [-0.2, 0) is 9.47 Å². The highest BCUT2D eigenvalue weighted by molar-refractivity contribution is 5.81. The second kappa shape index (κ2) is 5.07. The molecule has 1 aliphatic rings. The molecule has 2 aromatic heterocycles. The minimum absolute atomic E-state index is 0.127. The molecule has 21 heavy (non-hydrogen) atoms. The minimum atomic E-state index is -1.07. The lowest BCUT2D eigenvalue weighted by Crippen LogP contribution is -2.36. The first kappa shape index (κ1) is 13.9. The minimum Gasteiger partial charge on any atom is -0.394 e. The van der Waals surface area contributed by atoms with E-state index >= 15 is 0 Å². The van der Waals surface area contributed by atoms with E-state index in [0.717, 1.165) is 0 Å². The summed E-state index contributed by atoms with van der Waals surface area (Å²) in [6, 6.07) is 0. The molecule has 0 amide bonds. The molecule has 0 spiro atoms. The van der Waals surface area contributed by atoms with Crippen LogP contribution in [0.4, 0.5) is 5.82 Å². The Balaban J connectivity index is 2.14. The highest BCUT2D eigenvalue weighted by Crippen LogP contribution is 2.32. The van der Waals surface area contributed by atoms with Crippen LogP contribution in [0.2, 0.25) is 0 Å². The van der Waals surface area contributed by atoms with Crippen LogP contribution in [0.5, 0.6) is 0 Å². The van der Waals surface area contributed by atoms with Crippen LogP contribution in [0.15, 0.2) is 11.1 Å². The first-order valence-electron chi connectivity index (χ1n) is 6.26. The van der Waals surface area contributed by atoms with Crippen LogP contribution >= 0.6 is 0 Å². The SMILES string of the molecule is CO[C@H]1C(O)[C@@H](CO)O[C@H]1n1c(=O)[nH]c2c(N)ncnc21. The van der Waals surface area contributed by atoms with Gasteiger partial charge in [-0.1, -0.05) is 0 Å². The van der Waals surface area contributed by atoms with E-state index in [0.29, 0.717) is 0 Å². The maximum atomic E-state index is 12.1. The van der Waals surface area contributed by atoms with Crippen molar-refractivity contribution in [3.05, 3.63) is 16.8 Å². The van der Waals surface area contributed by atoms with Crippen LogP contribution in [0.1, 0.15) is 6.23 Å². The predicted octanol–water partition coefficient (Wildman–Crippen LogP) is -2.03. The van der Waals surface area contributed by atoms with E-state index in [1.165, 1.54) is 18.0 Å². The number of H-pyrrole nitrogens is 1. The number of fused-ring (bicyclic) bond motifs is 1. The average molecular weight is 297 g/mol. The second-order valence-corrected chi connectivity index (χ2v) is 4.70. The van der Waals surface area contributed by atoms with Crippen LogP contribution in [0, 0.1) is 0 Å². The maximum Gasteiger partial charge on any atom is 0.330 e. The van der Waals surface area contributed by atoms with Gasteiger partial charge in [-0.05, 0) is 0 Å². The number of hydrogen-bond acceptors (Lipinski definition) is 8. The molecule has 5 N–H and O–H groups in total. The van der Waals surface area contributed by atoms with Gasteiger partial charge in [0, 0.05) is 7.11 Å². The molecular weight excluding hydrogens is 282 g/mol. The molecule has 1 fully saturated rings. The van der Waals surface area contributed by atoms with Crippen molar-refractivity contribution in [3.63, 3.8) is 0 Å². The molecule has 114 valence electrons. The number of aliphatic hydroxyl groups excluding tert-OH is 2. The largest absolute Gasteiger partial charge is 0.394 e. The van der Waals surface area contributed by atoms with Gasteiger partial charge in [-0.3, -0.25) is 0 Å². The van der Waals surface area contributed by atoms with Crippen molar-refractivity contribution in [3.8, 4) is 0 Å². The Bertz CT molecular complexity index is 713. The van der Waals surface area contributed by atoms with E-state index in [1.54, 1.807) is 0 Å². The number of nitrogen functional groups attached to an aromatic ring is 1. The third kappa shape index (κ3) is 2.00. The summed E-state index contributed by atoms with van der Waals surface area (Å²) >= 11 is 0. The fourth-order valence-corrected chi connectivity index (χ4v) is 2.52. The summed E-state index contributed by atoms with van der Waals surface area (Å²) in [7, 11) is 1.38. The third-order valence-corrected chi connectivity index (χ3v) is 3.55. The molecule has 0 saturated carbocycles. The van der Waals surface area contributed by atoms with Crippen molar-refractivity contribution in [1.29, 1.82) is 0 Å². The molecule has 4 atom stereocenters. The van der Waals surface area contributed by atoms with Gasteiger partial charge in [0.1, 0.15) is 30.2 Å². The van der Waals surface area contributed by atoms with Gasteiger partial charge in [-0.25, -0.2) is 19.3 Å². The van der Waals surface area contributed by atoms with Crippen LogP contribution in [-0.4, -0.2) is 61.8 Å². The van der Waals surface area contributed by atoms with Gasteiger partial charge < -0.3 is 30.4 Å². The van der Waals surface area contributed by atoms with Crippen molar-refractivity contribution in [2.45, 2.75) is 24.5 Å². The van der Waals surface area contributed by atoms with Gasteiger partial charge in [0.05, 0.1) is 6.61 Å². The summed E-state index contributed by atoms with van der Waals surface area (Å²) in [5.74, 6) is 0.127. The number of rotatable bonds is 3. The first-order chi connectivity index (χ1) is 10.1. The Morgan fingerprint density at radius 2 is 2.33 bits per heavy atom. The molecule has 10 nitrogen and oxygen atoms in total. The van der Waals surface area contributed by atoms with Gasteiger partial charge in [0.25, 0.3) is 0 Å². The Morgan fingerprint density at radius 1 is 1.57 bits per heavy atom. The molecule has 3 heterocycles. The lowest BCUT2D eigenvalue weighted by molar-refractivity contribution is -0.0598. The molecule has 3 rings (SSSR count). The summed E-state index contributed by atoms with van der Waals surface area (Å²) in [6.45, 7) is -0.397. The number of aromatic nitrogens is 4. The number of nitrogens with zero attached hydrogens (tertiary/aromatic N) is 3. The monoisotopic (exact) mass is 297 g/mol. The quantitative estimate of drug-likeness (QED) is 0.506. The summed E-state index contributed by atoms with van der Waals surface area (Å²) in [5.41, 5.74) is 5.69. The molecule has 0 aromatic carbocycles. The van der Waals surface area contributed by atoms with E-state index in [1.807, 2.05) is 0 Å². The number of hydrogen-bond donors (Lipinski definition) is 4. The van der Waals surface area contributed by atoms with E-state index in [4.69, 9.17) is 15.2 Å². The Hall–Kier alpha value is -2.01. The Labute approximate surface area is 118 Å². The van der Waals surface area contributed by atoms with Gasteiger partial charge in [0.15, 0.2) is 17.7 Å². The highest BCUT2D eigenvalue weighted by atomic mass is 16.6. The van der Waals surface area contributed by atoms with Gasteiger partial charge >= 0.3 is 5.69 Å². The molecular formula is C11H15N5O5. The number of anilines is 1. The zero-order valence-electron chi connectivity index (χ0n) is 11.1. The molecule has 0 radical (unpaired) electrons. The first-order valence-corrected chi connectivity index (χ1v) is 6.26. The molecule has 10 heteroatoms. The molecule has 1 aliphatic heterocycles. The molecule has 1 unspecified atom stereocenters. The Morgan fingerprint density at radius 3 is 3.00 bits per heavy atom. The number of ether oxygens (including phenoxy) is 2. The van der Waals surface area contributed by atoms with Gasteiger partial charge in [0.2, 0.25) is 0 Å². The van der Waals surface area contributed by atoms with Gasteiger partial charge in [-0.15, -0.1) is 0 Å². The number of nitrogens with one attached hydrogen (secondary N) is 1. The smallest absolute Gasteiger partial charge is 0.330 e.